The summed E-state index contributed by atoms with van der Waals surface area (Å²) in [6, 6.07) is 17.4. The Morgan fingerprint density at radius 1 is 0.826 bits per heavy atom. The van der Waals surface area contributed by atoms with Gasteiger partial charge in [-0.1, -0.05) is 69.3 Å². The summed E-state index contributed by atoms with van der Waals surface area (Å²) in [6.07, 6.45) is 0. The minimum absolute atomic E-state index is 0.325. The Hall–Kier alpha value is -2.75. The largest absolute Gasteiger partial charge is 0.348 e. The summed E-state index contributed by atoms with van der Waals surface area (Å²) in [6.45, 7) is 5.93. The molecular formula is C19H20N2O2. The minimum atomic E-state index is -0.660. The fourth-order valence-electron chi connectivity index (χ4n) is 2.15. The van der Waals surface area contributed by atoms with Gasteiger partial charge in [0.25, 0.3) is 5.91 Å². The van der Waals surface area contributed by atoms with Crippen molar-refractivity contribution in [2.75, 3.05) is 0 Å². The molecule has 23 heavy (non-hydrogen) atoms. The lowest BCUT2D eigenvalue weighted by Crippen LogP contribution is -2.31. The van der Waals surface area contributed by atoms with E-state index < -0.39 is 11.9 Å². The standard InChI is InChI=1S/C19H20N2O2/c1-19(2,3)16(14-10-6-4-7-11-14)20-18(23)21-17(22)15-12-8-5-9-13-15/h4-13H,1-3H3,(H,21,22,23)/b20-16+. The smallest absolute Gasteiger partial charge is 0.272 e. The van der Waals surface area contributed by atoms with Crippen LogP contribution in [0.15, 0.2) is 65.7 Å². The van der Waals surface area contributed by atoms with Gasteiger partial charge < -0.3 is 0 Å². The minimum Gasteiger partial charge on any atom is -0.272 e. The number of hydrogen-bond acceptors (Lipinski definition) is 2. The number of hydrogen-bond donors (Lipinski definition) is 1. The van der Waals surface area contributed by atoms with Crippen LogP contribution in [0.1, 0.15) is 36.7 Å². The van der Waals surface area contributed by atoms with Crippen molar-refractivity contribution in [3.63, 3.8) is 0 Å². The topological polar surface area (TPSA) is 58.5 Å². The summed E-state index contributed by atoms with van der Waals surface area (Å²) >= 11 is 0. The quantitative estimate of drug-likeness (QED) is 0.850. The molecule has 2 aromatic rings. The van der Waals surface area contributed by atoms with E-state index in [1.165, 1.54) is 0 Å². The summed E-state index contributed by atoms with van der Waals surface area (Å²) in [5.74, 6) is -0.458. The highest BCUT2D eigenvalue weighted by Crippen LogP contribution is 2.22. The van der Waals surface area contributed by atoms with Gasteiger partial charge in [-0.25, -0.2) is 4.79 Å². The number of nitrogens with zero attached hydrogens (tertiary/aromatic N) is 1. The Morgan fingerprint density at radius 2 is 1.30 bits per heavy atom. The normalized spacial score (nSPS) is 11.9. The number of urea groups is 1. The highest BCUT2D eigenvalue weighted by Gasteiger charge is 2.22. The van der Waals surface area contributed by atoms with Gasteiger partial charge in [0.05, 0.1) is 5.71 Å². The highest BCUT2D eigenvalue weighted by molar-refractivity contribution is 6.12. The molecule has 0 heterocycles. The van der Waals surface area contributed by atoms with Crippen molar-refractivity contribution in [3.05, 3.63) is 71.8 Å². The molecule has 0 radical (unpaired) electrons. The SMILES string of the molecule is CC(C)(C)/C(=N/C(=O)NC(=O)c1ccccc1)c1ccccc1. The van der Waals surface area contributed by atoms with Crippen LogP contribution < -0.4 is 5.32 Å². The Labute approximate surface area is 136 Å². The van der Waals surface area contributed by atoms with Gasteiger partial charge in [-0.2, -0.15) is 4.99 Å². The Morgan fingerprint density at radius 3 is 1.78 bits per heavy atom. The fraction of sp³-hybridized carbons (Fsp3) is 0.211. The van der Waals surface area contributed by atoms with Crippen LogP contribution in [0.2, 0.25) is 0 Å². The summed E-state index contributed by atoms with van der Waals surface area (Å²) < 4.78 is 0. The molecule has 2 rings (SSSR count). The van der Waals surface area contributed by atoms with Crippen molar-refractivity contribution in [2.45, 2.75) is 20.8 Å². The number of imide groups is 1. The summed E-state index contributed by atoms with van der Waals surface area (Å²) in [4.78, 5) is 28.3. The molecule has 0 spiro atoms. The molecule has 118 valence electrons. The zero-order valence-electron chi connectivity index (χ0n) is 13.5. The van der Waals surface area contributed by atoms with Gasteiger partial charge >= 0.3 is 6.03 Å². The van der Waals surface area contributed by atoms with Gasteiger partial charge in [-0.3, -0.25) is 10.1 Å². The maximum atomic E-state index is 12.1. The summed E-state index contributed by atoms with van der Waals surface area (Å²) in [5.41, 5.74) is 1.60. The predicted octanol–water partition coefficient (Wildman–Crippen LogP) is 4.07. The molecule has 0 atom stereocenters. The molecule has 0 aliphatic heterocycles. The predicted molar refractivity (Wildman–Crippen MR) is 91.7 cm³/mol. The lowest BCUT2D eigenvalue weighted by Gasteiger charge is -2.21. The van der Waals surface area contributed by atoms with Crippen molar-refractivity contribution in [1.29, 1.82) is 0 Å². The third kappa shape index (κ3) is 4.61. The zero-order valence-corrected chi connectivity index (χ0v) is 13.5. The van der Waals surface area contributed by atoms with Crippen molar-refractivity contribution < 1.29 is 9.59 Å². The number of carbonyl (C=O) groups is 2. The van der Waals surface area contributed by atoms with E-state index in [0.717, 1.165) is 5.56 Å². The van der Waals surface area contributed by atoms with Crippen molar-refractivity contribution in [2.24, 2.45) is 10.4 Å². The molecule has 3 amide bonds. The van der Waals surface area contributed by atoms with Crippen molar-refractivity contribution >= 4 is 17.6 Å². The van der Waals surface area contributed by atoms with Crippen LogP contribution in [0, 0.1) is 5.41 Å². The van der Waals surface area contributed by atoms with Crippen LogP contribution in [0.4, 0.5) is 4.79 Å². The second kappa shape index (κ2) is 7.01. The molecule has 4 heteroatoms. The van der Waals surface area contributed by atoms with Crippen LogP contribution in [0.25, 0.3) is 0 Å². The lowest BCUT2D eigenvalue weighted by molar-refractivity contribution is 0.0966. The van der Waals surface area contributed by atoms with Crippen molar-refractivity contribution in [3.8, 4) is 0 Å². The van der Waals surface area contributed by atoms with Crippen LogP contribution in [-0.2, 0) is 0 Å². The first-order valence-corrected chi connectivity index (χ1v) is 7.43. The molecule has 0 aliphatic carbocycles. The zero-order chi connectivity index (χ0) is 16.9. The number of carbonyl (C=O) groups excluding carboxylic acids is 2. The summed E-state index contributed by atoms with van der Waals surface area (Å²) in [7, 11) is 0. The Balaban J connectivity index is 2.23. The first-order valence-electron chi connectivity index (χ1n) is 7.43. The maximum Gasteiger partial charge on any atom is 0.348 e. The molecule has 4 nitrogen and oxygen atoms in total. The molecule has 0 aliphatic rings. The van der Waals surface area contributed by atoms with Crippen LogP contribution in [0.3, 0.4) is 0 Å². The second-order valence-corrected chi connectivity index (χ2v) is 6.20. The second-order valence-electron chi connectivity index (χ2n) is 6.20. The van der Waals surface area contributed by atoms with Gasteiger partial charge in [0.15, 0.2) is 0 Å². The van der Waals surface area contributed by atoms with Gasteiger partial charge in [-0.05, 0) is 17.7 Å². The van der Waals surface area contributed by atoms with E-state index in [1.807, 2.05) is 57.2 Å². The number of amides is 3. The molecule has 0 aromatic heterocycles. The molecule has 0 saturated carbocycles. The van der Waals surface area contributed by atoms with Gasteiger partial charge in [0.1, 0.15) is 0 Å². The van der Waals surface area contributed by atoms with E-state index in [4.69, 9.17) is 0 Å². The fourth-order valence-corrected chi connectivity index (χ4v) is 2.15. The monoisotopic (exact) mass is 308 g/mol. The van der Waals surface area contributed by atoms with Gasteiger partial charge in [-0.15, -0.1) is 0 Å². The first kappa shape index (κ1) is 16.6. The van der Waals surface area contributed by atoms with Crippen LogP contribution in [0.5, 0.6) is 0 Å². The van der Waals surface area contributed by atoms with E-state index in [0.29, 0.717) is 11.3 Å². The molecule has 0 unspecified atom stereocenters. The average Bonchev–Trinajstić information content (AvgIpc) is 2.53. The highest BCUT2D eigenvalue weighted by atomic mass is 16.2. The van der Waals surface area contributed by atoms with E-state index in [1.54, 1.807) is 24.3 Å². The average molecular weight is 308 g/mol. The van der Waals surface area contributed by atoms with E-state index in [2.05, 4.69) is 10.3 Å². The number of aliphatic imine (C=N–C) groups is 1. The molecule has 0 saturated heterocycles. The van der Waals surface area contributed by atoms with Crippen molar-refractivity contribution in [1.82, 2.24) is 5.32 Å². The van der Waals surface area contributed by atoms with E-state index in [9.17, 15) is 9.59 Å². The Bertz CT molecular complexity index is 714. The third-order valence-corrected chi connectivity index (χ3v) is 3.23. The molecular weight excluding hydrogens is 288 g/mol. The number of rotatable bonds is 2. The van der Waals surface area contributed by atoms with Gasteiger partial charge in [0.2, 0.25) is 0 Å². The molecule has 1 N–H and O–H groups in total. The third-order valence-electron chi connectivity index (χ3n) is 3.23. The molecule has 0 bridgehead atoms. The van der Waals surface area contributed by atoms with E-state index >= 15 is 0 Å². The summed E-state index contributed by atoms with van der Waals surface area (Å²) in [5, 5.41) is 2.30. The van der Waals surface area contributed by atoms with Crippen LogP contribution >= 0.6 is 0 Å². The van der Waals surface area contributed by atoms with Crippen LogP contribution in [-0.4, -0.2) is 17.6 Å². The number of benzene rings is 2. The van der Waals surface area contributed by atoms with E-state index in [-0.39, 0.29) is 5.41 Å². The first-order chi connectivity index (χ1) is 10.9. The lowest BCUT2D eigenvalue weighted by atomic mass is 9.85. The molecule has 2 aromatic carbocycles. The maximum absolute atomic E-state index is 12.1. The Kier molecular flexibility index (Phi) is 5.06. The number of nitrogens with one attached hydrogen (secondary N) is 1. The molecule has 0 fully saturated rings. The van der Waals surface area contributed by atoms with Gasteiger partial charge in [0, 0.05) is 11.0 Å².